The summed E-state index contributed by atoms with van der Waals surface area (Å²) >= 11 is 11.9. The van der Waals surface area contributed by atoms with E-state index in [0.717, 1.165) is 0 Å². The summed E-state index contributed by atoms with van der Waals surface area (Å²) in [4.78, 5) is 24.7. The number of ether oxygens (including phenoxy) is 1. The summed E-state index contributed by atoms with van der Waals surface area (Å²) in [6.45, 7) is 6.04. The topological polar surface area (TPSA) is 67.4 Å². The van der Waals surface area contributed by atoms with Crippen LogP contribution in [0, 0.1) is 0 Å². The lowest BCUT2D eigenvalue weighted by atomic mass is 10.1. The molecule has 0 unspecified atom stereocenters. The van der Waals surface area contributed by atoms with Crippen LogP contribution in [0.4, 0.5) is 5.69 Å². The maximum atomic E-state index is 12.4. The number of amides is 2. The fourth-order valence-corrected chi connectivity index (χ4v) is 2.88. The Labute approximate surface area is 175 Å². The molecule has 0 atom stereocenters. The minimum absolute atomic E-state index is 0.193. The Morgan fingerprint density at radius 3 is 2.46 bits per heavy atom. The number of para-hydroxylation sites is 1. The van der Waals surface area contributed by atoms with Crippen LogP contribution < -0.4 is 15.4 Å². The van der Waals surface area contributed by atoms with Gasteiger partial charge in [-0.3, -0.25) is 9.59 Å². The Hall–Kier alpha value is -2.24. The van der Waals surface area contributed by atoms with Crippen LogP contribution in [0.3, 0.4) is 0 Å². The van der Waals surface area contributed by atoms with Crippen molar-refractivity contribution in [1.82, 2.24) is 5.32 Å². The molecule has 0 saturated heterocycles. The molecular formula is C21H24Cl2N2O3. The zero-order valence-electron chi connectivity index (χ0n) is 16.1. The van der Waals surface area contributed by atoms with E-state index in [-0.39, 0.29) is 23.8 Å². The van der Waals surface area contributed by atoms with Crippen LogP contribution >= 0.6 is 23.2 Å². The molecule has 0 fully saturated rings. The van der Waals surface area contributed by atoms with E-state index in [1.54, 1.807) is 42.5 Å². The van der Waals surface area contributed by atoms with E-state index in [0.29, 0.717) is 40.1 Å². The standard InChI is InChI=1S/C21H24Cl2N2O3/c1-21(2,3)25-20(27)15-7-4-5-8-17(15)24-19(26)9-6-12-28-18-11-10-14(22)13-16(18)23/h4-5,7-8,10-11,13H,6,9,12H2,1-3H3,(H,24,26)(H,25,27). The Morgan fingerprint density at radius 2 is 1.79 bits per heavy atom. The summed E-state index contributed by atoms with van der Waals surface area (Å²) in [6, 6.07) is 11.9. The van der Waals surface area contributed by atoms with Crippen molar-refractivity contribution in [2.75, 3.05) is 11.9 Å². The van der Waals surface area contributed by atoms with E-state index in [4.69, 9.17) is 27.9 Å². The molecule has 0 heterocycles. The molecule has 7 heteroatoms. The first-order valence-corrected chi connectivity index (χ1v) is 9.70. The zero-order chi connectivity index (χ0) is 20.7. The normalized spacial score (nSPS) is 11.0. The highest BCUT2D eigenvalue weighted by atomic mass is 35.5. The van der Waals surface area contributed by atoms with Gasteiger partial charge in [0, 0.05) is 17.0 Å². The molecule has 0 aliphatic carbocycles. The van der Waals surface area contributed by atoms with Crippen LogP contribution in [0.25, 0.3) is 0 Å². The van der Waals surface area contributed by atoms with Crippen molar-refractivity contribution in [3.8, 4) is 5.75 Å². The van der Waals surface area contributed by atoms with Gasteiger partial charge in [0.2, 0.25) is 5.91 Å². The van der Waals surface area contributed by atoms with E-state index < -0.39 is 0 Å². The highest BCUT2D eigenvalue weighted by Crippen LogP contribution is 2.27. The minimum atomic E-state index is -0.367. The Kier molecular flexibility index (Phi) is 7.72. The van der Waals surface area contributed by atoms with Gasteiger partial charge in [0.15, 0.2) is 0 Å². The first-order chi connectivity index (χ1) is 13.2. The summed E-state index contributed by atoms with van der Waals surface area (Å²) in [5.74, 6) is 0.0987. The van der Waals surface area contributed by atoms with Gasteiger partial charge in [-0.15, -0.1) is 0 Å². The average Bonchev–Trinajstić information content (AvgIpc) is 2.59. The fourth-order valence-electron chi connectivity index (χ4n) is 2.42. The van der Waals surface area contributed by atoms with Gasteiger partial charge in [-0.2, -0.15) is 0 Å². The van der Waals surface area contributed by atoms with Gasteiger partial charge in [-0.1, -0.05) is 35.3 Å². The van der Waals surface area contributed by atoms with Crippen LogP contribution in [0.5, 0.6) is 5.75 Å². The second kappa shape index (κ2) is 9.80. The van der Waals surface area contributed by atoms with Crippen molar-refractivity contribution in [3.63, 3.8) is 0 Å². The van der Waals surface area contributed by atoms with Gasteiger partial charge in [0.05, 0.1) is 22.9 Å². The first-order valence-electron chi connectivity index (χ1n) is 8.95. The number of carbonyl (C=O) groups excluding carboxylic acids is 2. The van der Waals surface area contributed by atoms with E-state index in [1.807, 2.05) is 20.8 Å². The van der Waals surface area contributed by atoms with Crippen LogP contribution in [-0.2, 0) is 4.79 Å². The lowest BCUT2D eigenvalue weighted by molar-refractivity contribution is -0.116. The number of hydrogen-bond acceptors (Lipinski definition) is 3. The second-order valence-electron chi connectivity index (χ2n) is 7.32. The predicted octanol–water partition coefficient (Wildman–Crippen LogP) is 5.32. The van der Waals surface area contributed by atoms with E-state index in [9.17, 15) is 9.59 Å². The van der Waals surface area contributed by atoms with Gasteiger partial charge in [-0.05, 0) is 57.5 Å². The number of anilines is 1. The maximum absolute atomic E-state index is 12.4. The molecule has 2 aromatic rings. The first kappa shape index (κ1) is 22.1. The minimum Gasteiger partial charge on any atom is -0.492 e. The van der Waals surface area contributed by atoms with E-state index in [1.165, 1.54) is 0 Å². The molecule has 0 saturated carbocycles. The number of benzene rings is 2. The Morgan fingerprint density at radius 1 is 1.07 bits per heavy atom. The predicted molar refractivity (Wildman–Crippen MR) is 113 cm³/mol. The van der Waals surface area contributed by atoms with Crippen molar-refractivity contribution >= 4 is 40.7 Å². The molecule has 2 rings (SSSR count). The third kappa shape index (κ3) is 7.06. The monoisotopic (exact) mass is 422 g/mol. The smallest absolute Gasteiger partial charge is 0.253 e. The van der Waals surface area contributed by atoms with Crippen LogP contribution in [0.15, 0.2) is 42.5 Å². The number of halogens is 2. The molecule has 2 amide bonds. The van der Waals surface area contributed by atoms with Gasteiger partial charge in [0.25, 0.3) is 5.91 Å². The number of carbonyl (C=O) groups is 2. The molecule has 28 heavy (non-hydrogen) atoms. The summed E-state index contributed by atoms with van der Waals surface area (Å²) in [5.41, 5.74) is 0.542. The van der Waals surface area contributed by atoms with Crippen LogP contribution in [0.1, 0.15) is 44.0 Å². The van der Waals surface area contributed by atoms with Crippen molar-refractivity contribution < 1.29 is 14.3 Å². The summed E-state index contributed by atoms with van der Waals surface area (Å²) in [7, 11) is 0. The second-order valence-corrected chi connectivity index (χ2v) is 8.17. The lowest BCUT2D eigenvalue weighted by Gasteiger charge is -2.21. The molecule has 2 aromatic carbocycles. The molecule has 2 N–H and O–H groups in total. The Balaban J connectivity index is 1.87. The molecule has 0 radical (unpaired) electrons. The largest absolute Gasteiger partial charge is 0.492 e. The highest BCUT2D eigenvalue weighted by Gasteiger charge is 2.18. The molecular weight excluding hydrogens is 399 g/mol. The fraction of sp³-hybridized carbons (Fsp3) is 0.333. The third-order valence-electron chi connectivity index (χ3n) is 3.63. The number of nitrogens with one attached hydrogen (secondary N) is 2. The van der Waals surface area contributed by atoms with Crippen LogP contribution in [0.2, 0.25) is 10.0 Å². The SMILES string of the molecule is CC(C)(C)NC(=O)c1ccccc1NC(=O)CCCOc1ccc(Cl)cc1Cl. The zero-order valence-corrected chi connectivity index (χ0v) is 17.7. The molecule has 5 nitrogen and oxygen atoms in total. The third-order valence-corrected chi connectivity index (χ3v) is 4.16. The number of rotatable bonds is 7. The van der Waals surface area contributed by atoms with Crippen molar-refractivity contribution in [3.05, 3.63) is 58.1 Å². The van der Waals surface area contributed by atoms with Crippen LogP contribution in [-0.4, -0.2) is 24.0 Å². The summed E-state index contributed by atoms with van der Waals surface area (Å²) in [5, 5.41) is 6.65. The van der Waals surface area contributed by atoms with Gasteiger partial charge in [-0.25, -0.2) is 0 Å². The molecule has 0 aliphatic rings. The summed E-state index contributed by atoms with van der Waals surface area (Å²) in [6.07, 6.45) is 0.752. The molecule has 0 aliphatic heterocycles. The molecule has 0 spiro atoms. The number of hydrogen-bond donors (Lipinski definition) is 2. The summed E-state index contributed by atoms with van der Waals surface area (Å²) < 4.78 is 5.57. The molecule has 0 bridgehead atoms. The van der Waals surface area contributed by atoms with E-state index >= 15 is 0 Å². The molecule has 0 aromatic heterocycles. The lowest BCUT2D eigenvalue weighted by Crippen LogP contribution is -2.40. The van der Waals surface area contributed by atoms with Gasteiger partial charge < -0.3 is 15.4 Å². The van der Waals surface area contributed by atoms with Crippen molar-refractivity contribution in [1.29, 1.82) is 0 Å². The Bertz CT molecular complexity index is 848. The van der Waals surface area contributed by atoms with Crippen molar-refractivity contribution in [2.24, 2.45) is 0 Å². The maximum Gasteiger partial charge on any atom is 0.253 e. The van der Waals surface area contributed by atoms with Crippen molar-refractivity contribution in [2.45, 2.75) is 39.2 Å². The van der Waals surface area contributed by atoms with E-state index in [2.05, 4.69) is 10.6 Å². The quantitative estimate of drug-likeness (QED) is 0.593. The highest BCUT2D eigenvalue weighted by molar-refractivity contribution is 6.35. The molecule has 150 valence electrons. The van der Waals surface area contributed by atoms with Gasteiger partial charge >= 0.3 is 0 Å². The average molecular weight is 423 g/mol. The van der Waals surface area contributed by atoms with Gasteiger partial charge in [0.1, 0.15) is 5.75 Å².